The van der Waals surface area contributed by atoms with Crippen molar-refractivity contribution in [3.05, 3.63) is 41.7 Å². The lowest BCUT2D eigenvalue weighted by Crippen LogP contribution is -2.27. The van der Waals surface area contributed by atoms with Crippen LogP contribution >= 0.6 is 0 Å². The van der Waals surface area contributed by atoms with E-state index in [1.165, 1.54) is 0 Å². The van der Waals surface area contributed by atoms with Gasteiger partial charge < -0.3 is 10.1 Å². The van der Waals surface area contributed by atoms with Gasteiger partial charge in [-0.3, -0.25) is 4.79 Å². The van der Waals surface area contributed by atoms with E-state index < -0.39 is 0 Å². The number of hydrogen-bond donors (Lipinski definition) is 1. The Kier molecular flexibility index (Phi) is 4.62. The molecule has 112 valence electrons. The highest BCUT2D eigenvalue weighted by atomic mass is 16.5. The highest BCUT2D eigenvalue weighted by Gasteiger charge is 2.13. The minimum Gasteiger partial charge on any atom is -0.497 e. The van der Waals surface area contributed by atoms with E-state index in [1.54, 1.807) is 17.9 Å². The fraction of sp³-hybridized carbons (Fsp3) is 0.375. The Morgan fingerprint density at radius 1 is 1.33 bits per heavy atom. The summed E-state index contributed by atoms with van der Waals surface area (Å²) in [7, 11) is 1.63. The number of amides is 1. The average Bonchev–Trinajstić information content (AvgIpc) is 2.87. The lowest BCUT2D eigenvalue weighted by molar-refractivity contribution is 0.0943. The highest BCUT2D eigenvalue weighted by molar-refractivity contribution is 5.92. The van der Waals surface area contributed by atoms with E-state index in [0.717, 1.165) is 17.1 Å². The third-order valence-corrected chi connectivity index (χ3v) is 3.11. The molecular formula is C16H21N3O2. The van der Waals surface area contributed by atoms with E-state index in [4.69, 9.17) is 4.74 Å². The summed E-state index contributed by atoms with van der Waals surface area (Å²) in [5, 5.41) is 7.25. The fourth-order valence-electron chi connectivity index (χ4n) is 1.96. The van der Waals surface area contributed by atoms with Crippen LogP contribution < -0.4 is 10.1 Å². The number of carbonyl (C=O) groups excluding carboxylic acids is 1. The summed E-state index contributed by atoms with van der Waals surface area (Å²) in [6.07, 6.45) is 0. The summed E-state index contributed by atoms with van der Waals surface area (Å²) in [6, 6.07) is 9.35. The summed E-state index contributed by atoms with van der Waals surface area (Å²) in [5.74, 6) is 1.07. The van der Waals surface area contributed by atoms with Gasteiger partial charge in [0.15, 0.2) is 5.69 Å². The molecule has 1 amide bonds. The zero-order valence-corrected chi connectivity index (χ0v) is 12.9. The maximum atomic E-state index is 12.0. The van der Waals surface area contributed by atoms with Crippen molar-refractivity contribution in [3.8, 4) is 11.4 Å². The lowest BCUT2D eigenvalue weighted by atomic mass is 10.2. The third kappa shape index (κ3) is 3.62. The first-order valence-corrected chi connectivity index (χ1v) is 7.00. The van der Waals surface area contributed by atoms with Crippen molar-refractivity contribution in [3.63, 3.8) is 0 Å². The Morgan fingerprint density at radius 2 is 2.00 bits per heavy atom. The first kappa shape index (κ1) is 15.1. The summed E-state index contributed by atoms with van der Waals surface area (Å²) in [5.41, 5.74) is 2.25. The Morgan fingerprint density at radius 3 is 2.57 bits per heavy atom. The number of hydrogen-bond acceptors (Lipinski definition) is 3. The van der Waals surface area contributed by atoms with Crippen molar-refractivity contribution < 1.29 is 9.53 Å². The standard InChI is InChI=1S/C16H21N3O2/c1-11(2)10-17-16(20)15-9-12(3)19(18-15)13-5-7-14(21-4)8-6-13/h5-9,11H,10H2,1-4H3,(H,17,20). The summed E-state index contributed by atoms with van der Waals surface area (Å²) < 4.78 is 6.89. The number of carbonyl (C=O) groups is 1. The van der Waals surface area contributed by atoms with Gasteiger partial charge in [-0.05, 0) is 43.2 Å². The molecule has 1 aromatic carbocycles. The van der Waals surface area contributed by atoms with Crippen molar-refractivity contribution in [2.24, 2.45) is 5.92 Å². The molecule has 0 radical (unpaired) electrons. The predicted octanol–water partition coefficient (Wildman–Crippen LogP) is 2.58. The zero-order valence-electron chi connectivity index (χ0n) is 12.9. The molecule has 2 rings (SSSR count). The number of nitrogens with zero attached hydrogens (tertiary/aromatic N) is 2. The minimum atomic E-state index is -0.140. The zero-order chi connectivity index (χ0) is 15.4. The van der Waals surface area contributed by atoms with Gasteiger partial charge in [0.05, 0.1) is 12.8 Å². The number of nitrogens with one attached hydrogen (secondary N) is 1. The molecule has 0 aliphatic carbocycles. The van der Waals surface area contributed by atoms with Crippen molar-refractivity contribution in [1.82, 2.24) is 15.1 Å². The molecule has 0 aliphatic heterocycles. The normalized spacial score (nSPS) is 10.7. The van der Waals surface area contributed by atoms with Crippen LogP contribution in [0.2, 0.25) is 0 Å². The van der Waals surface area contributed by atoms with E-state index in [2.05, 4.69) is 24.3 Å². The first-order valence-electron chi connectivity index (χ1n) is 7.00. The molecule has 0 bridgehead atoms. The molecule has 1 aromatic heterocycles. The summed E-state index contributed by atoms with van der Waals surface area (Å²) >= 11 is 0. The first-order chi connectivity index (χ1) is 10.0. The Balaban J connectivity index is 2.20. The quantitative estimate of drug-likeness (QED) is 0.919. The van der Waals surface area contributed by atoms with Crippen LogP contribution in [0.4, 0.5) is 0 Å². The van der Waals surface area contributed by atoms with Crippen LogP contribution in [0.3, 0.4) is 0 Å². The number of rotatable bonds is 5. The SMILES string of the molecule is COc1ccc(-n2nc(C(=O)NCC(C)C)cc2C)cc1. The van der Waals surface area contributed by atoms with Gasteiger partial charge in [-0.1, -0.05) is 13.8 Å². The predicted molar refractivity (Wildman–Crippen MR) is 82.0 cm³/mol. The summed E-state index contributed by atoms with van der Waals surface area (Å²) in [4.78, 5) is 12.0. The second-order valence-electron chi connectivity index (χ2n) is 5.38. The molecule has 2 aromatic rings. The van der Waals surface area contributed by atoms with Gasteiger partial charge in [-0.2, -0.15) is 5.10 Å². The van der Waals surface area contributed by atoms with Gasteiger partial charge in [-0.25, -0.2) is 4.68 Å². The van der Waals surface area contributed by atoms with Crippen molar-refractivity contribution >= 4 is 5.91 Å². The largest absolute Gasteiger partial charge is 0.497 e. The molecule has 0 aliphatic rings. The maximum Gasteiger partial charge on any atom is 0.271 e. The Bertz CT molecular complexity index is 615. The van der Waals surface area contributed by atoms with Crippen LogP contribution in [-0.2, 0) is 0 Å². The van der Waals surface area contributed by atoms with Crippen LogP contribution in [0.1, 0.15) is 30.0 Å². The van der Waals surface area contributed by atoms with Crippen molar-refractivity contribution in [2.45, 2.75) is 20.8 Å². The lowest BCUT2D eigenvalue weighted by Gasteiger charge is -2.06. The molecule has 0 spiro atoms. The van der Waals surface area contributed by atoms with Crippen molar-refractivity contribution in [2.75, 3.05) is 13.7 Å². The second kappa shape index (κ2) is 6.43. The van der Waals surface area contributed by atoms with Gasteiger partial charge >= 0.3 is 0 Å². The Hall–Kier alpha value is -2.30. The minimum absolute atomic E-state index is 0.140. The molecule has 0 saturated heterocycles. The molecule has 1 N–H and O–H groups in total. The van der Waals surface area contributed by atoms with Gasteiger partial charge in [0.25, 0.3) is 5.91 Å². The molecule has 0 fully saturated rings. The highest BCUT2D eigenvalue weighted by Crippen LogP contribution is 2.16. The number of methoxy groups -OCH3 is 1. The van der Waals surface area contributed by atoms with Gasteiger partial charge in [0.1, 0.15) is 5.75 Å². The van der Waals surface area contributed by atoms with Crippen LogP contribution in [0.25, 0.3) is 5.69 Å². The third-order valence-electron chi connectivity index (χ3n) is 3.11. The monoisotopic (exact) mass is 287 g/mol. The number of ether oxygens (including phenoxy) is 1. The van der Waals surface area contributed by atoms with Crippen LogP contribution in [-0.4, -0.2) is 29.3 Å². The van der Waals surface area contributed by atoms with Gasteiger partial charge in [-0.15, -0.1) is 0 Å². The average molecular weight is 287 g/mol. The van der Waals surface area contributed by atoms with Gasteiger partial charge in [0, 0.05) is 12.2 Å². The van der Waals surface area contributed by atoms with E-state index in [1.807, 2.05) is 31.2 Å². The smallest absolute Gasteiger partial charge is 0.271 e. The molecule has 0 atom stereocenters. The molecule has 5 heteroatoms. The van der Waals surface area contributed by atoms with Crippen LogP contribution in [0.15, 0.2) is 30.3 Å². The summed E-state index contributed by atoms with van der Waals surface area (Å²) in [6.45, 7) is 6.69. The van der Waals surface area contributed by atoms with E-state index in [9.17, 15) is 4.79 Å². The topological polar surface area (TPSA) is 56.2 Å². The van der Waals surface area contributed by atoms with E-state index >= 15 is 0 Å². The molecule has 0 saturated carbocycles. The van der Waals surface area contributed by atoms with Crippen LogP contribution in [0, 0.1) is 12.8 Å². The Labute approximate surface area is 124 Å². The number of benzene rings is 1. The number of aromatic nitrogens is 2. The van der Waals surface area contributed by atoms with E-state index in [-0.39, 0.29) is 5.91 Å². The molecular weight excluding hydrogens is 266 g/mol. The van der Waals surface area contributed by atoms with Gasteiger partial charge in [0.2, 0.25) is 0 Å². The molecule has 0 unspecified atom stereocenters. The molecule has 1 heterocycles. The van der Waals surface area contributed by atoms with E-state index in [0.29, 0.717) is 18.2 Å². The number of aryl methyl sites for hydroxylation is 1. The maximum absolute atomic E-state index is 12.0. The van der Waals surface area contributed by atoms with Crippen molar-refractivity contribution in [1.29, 1.82) is 0 Å². The molecule has 5 nitrogen and oxygen atoms in total. The van der Waals surface area contributed by atoms with Crippen LogP contribution in [0.5, 0.6) is 5.75 Å². The second-order valence-corrected chi connectivity index (χ2v) is 5.38. The molecule has 21 heavy (non-hydrogen) atoms. The fourth-order valence-corrected chi connectivity index (χ4v) is 1.96.